The molecule has 0 aliphatic rings. The molecule has 0 amide bonds. The van der Waals surface area contributed by atoms with E-state index in [1.807, 2.05) is 23.9 Å². The minimum Gasteiger partial charge on any atom is -0.497 e. The number of thioether (sulfide) groups is 1. The first-order chi connectivity index (χ1) is 10.3. The van der Waals surface area contributed by atoms with E-state index in [1.54, 1.807) is 7.11 Å². The number of alkyl halides is 1. The van der Waals surface area contributed by atoms with Crippen molar-refractivity contribution < 1.29 is 4.74 Å². The Balaban J connectivity index is 2.31. The Kier molecular flexibility index (Phi) is 6.65. The molecule has 0 aliphatic heterocycles. The third-order valence-electron chi connectivity index (χ3n) is 3.68. The molecule has 0 fully saturated rings. The average molecular weight is 365 g/mol. The van der Waals surface area contributed by atoms with Gasteiger partial charge in [0.15, 0.2) is 0 Å². The number of benzene rings is 2. The molecule has 3 heteroatoms. The maximum atomic E-state index is 5.25. The van der Waals surface area contributed by atoms with E-state index in [9.17, 15) is 0 Å². The number of rotatable bonds is 7. The minimum atomic E-state index is 0.383. The number of aryl methyl sites for hydroxylation is 1. The molecule has 112 valence electrons. The topological polar surface area (TPSA) is 9.23 Å². The summed E-state index contributed by atoms with van der Waals surface area (Å²) in [6.07, 6.45) is 3.28. The number of hydrogen-bond donors (Lipinski definition) is 0. The summed E-state index contributed by atoms with van der Waals surface area (Å²) in [5, 5.41) is 0.926. The van der Waals surface area contributed by atoms with E-state index in [0.717, 1.165) is 23.3 Å². The zero-order chi connectivity index (χ0) is 15.1. The molecule has 0 heterocycles. The van der Waals surface area contributed by atoms with Crippen LogP contribution in [0.3, 0.4) is 0 Å². The Hall–Kier alpha value is -0.930. The second kappa shape index (κ2) is 8.50. The summed E-state index contributed by atoms with van der Waals surface area (Å²) in [7, 11) is 1.70. The fourth-order valence-electron chi connectivity index (χ4n) is 2.50. The van der Waals surface area contributed by atoms with Gasteiger partial charge in [0.2, 0.25) is 0 Å². The van der Waals surface area contributed by atoms with Gasteiger partial charge in [0.25, 0.3) is 0 Å². The van der Waals surface area contributed by atoms with Crippen LogP contribution in [0, 0.1) is 0 Å². The third-order valence-corrected chi connectivity index (χ3v) is 4.94. The Morgan fingerprint density at radius 1 is 1.10 bits per heavy atom. The molecule has 0 aromatic heterocycles. The van der Waals surface area contributed by atoms with E-state index in [2.05, 4.69) is 58.6 Å². The number of ether oxygens (including phenoxy) is 1. The molecule has 0 spiro atoms. The van der Waals surface area contributed by atoms with Gasteiger partial charge in [0, 0.05) is 11.2 Å². The summed E-state index contributed by atoms with van der Waals surface area (Å²) in [4.78, 5) is 0. The fraction of sp³-hybridized carbons (Fsp3) is 0.333. The van der Waals surface area contributed by atoms with Gasteiger partial charge in [-0.3, -0.25) is 0 Å². The van der Waals surface area contributed by atoms with Gasteiger partial charge in [0.1, 0.15) is 5.75 Å². The van der Waals surface area contributed by atoms with Crippen LogP contribution < -0.4 is 4.74 Å². The quantitative estimate of drug-likeness (QED) is 0.630. The lowest BCUT2D eigenvalue weighted by molar-refractivity contribution is 0.414. The van der Waals surface area contributed by atoms with Crippen molar-refractivity contribution >= 4 is 27.7 Å². The van der Waals surface area contributed by atoms with Gasteiger partial charge in [-0.15, -0.1) is 0 Å². The van der Waals surface area contributed by atoms with Crippen LogP contribution >= 0.6 is 27.7 Å². The second-order valence-corrected chi connectivity index (χ2v) is 6.55. The van der Waals surface area contributed by atoms with Gasteiger partial charge in [-0.2, -0.15) is 11.8 Å². The number of hydrogen-bond acceptors (Lipinski definition) is 2. The van der Waals surface area contributed by atoms with Crippen molar-refractivity contribution in [1.82, 2.24) is 0 Å². The lowest BCUT2D eigenvalue weighted by Gasteiger charge is -2.19. The summed E-state index contributed by atoms with van der Waals surface area (Å²) in [5.41, 5.74) is 4.20. The highest BCUT2D eigenvalue weighted by atomic mass is 79.9. The van der Waals surface area contributed by atoms with E-state index in [4.69, 9.17) is 4.74 Å². The maximum absolute atomic E-state index is 5.25. The molecular formula is C18H21BrOS. The number of methoxy groups -OCH3 is 1. The molecule has 21 heavy (non-hydrogen) atoms. The molecule has 0 N–H and O–H groups in total. The smallest absolute Gasteiger partial charge is 0.118 e. The van der Waals surface area contributed by atoms with Crippen molar-refractivity contribution in [3.8, 4) is 5.75 Å². The molecule has 2 aromatic rings. The Morgan fingerprint density at radius 3 is 2.43 bits per heavy atom. The molecule has 2 rings (SSSR count). The minimum absolute atomic E-state index is 0.383. The van der Waals surface area contributed by atoms with Crippen LogP contribution in [-0.4, -0.2) is 24.4 Å². The van der Waals surface area contributed by atoms with E-state index < -0.39 is 0 Å². The van der Waals surface area contributed by atoms with Crippen LogP contribution in [0.4, 0.5) is 0 Å². The summed E-state index contributed by atoms with van der Waals surface area (Å²) < 4.78 is 5.25. The van der Waals surface area contributed by atoms with Gasteiger partial charge in [0.05, 0.1) is 7.11 Å². The van der Waals surface area contributed by atoms with Crippen LogP contribution in [0.15, 0.2) is 48.5 Å². The zero-order valence-electron chi connectivity index (χ0n) is 12.5. The van der Waals surface area contributed by atoms with Gasteiger partial charge < -0.3 is 4.74 Å². The molecule has 0 saturated carbocycles. The van der Waals surface area contributed by atoms with Crippen LogP contribution in [0.5, 0.6) is 5.75 Å². The summed E-state index contributed by atoms with van der Waals surface area (Å²) in [5.74, 6) is 2.45. The van der Waals surface area contributed by atoms with Crippen LogP contribution in [0.2, 0.25) is 0 Å². The lowest BCUT2D eigenvalue weighted by Crippen LogP contribution is -2.07. The van der Waals surface area contributed by atoms with Gasteiger partial charge >= 0.3 is 0 Å². The largest absolute Gasteiger partial charge is 0.497 e. The lowest BCUT2D eigenvalue weighted by atomic mass is 9.89. The highest BCUT2D eigenvalue weighted by molar-refractivity contribution is 9.09. The first-order valence-corrected chi connectivity index (χ1v) is 9.58. The predicted octanol–water partition coefficient (Wildman–Crippen LogP) is 5.13. The molecule has 1 unspecified atom stereocenters. The standard InChI is InChI=1S/C18H21BrOS/c1-20-16-9-7-15(8-10-16)18(13-19)17-6-4-3-5-14(17)11-12-21-2/h3-10,18H,11-13H2,1-2H3. The Bertz CT molecular complexity index is 553. The van der Waals surface area contributed by atoms with E-state index in [-0.39, 0.29) is 0 Å². The van der Waals surface area contributed by atoms with Gasteiger partial charge in [-0.05, 0) is 47.3 Å². The average Bonchev–Trinajstić information content (AvgIpc) is 2.55. The Morgan fingerprint density at radius 2 is 1.81 bits per heavy atom. The normalized spacial score (nSPS) is 12.1. The molecular weight excluding hydrogens is 344 g/mol. The SMILES string of the molecule is COc1ccc(C(CBr)c2ccccc2CCSC)cc1. The van der Waals surface area contributed by atoms with Crippen LogP contribution in [-0.2, 0) is 6.42 Å². The van der Waals surface area contributed by atoms with Crippen LogP contribution in [0.25, 0.3) is 0 Å². The zero-order valence-corrected chi connectivity index (χ0v) is 14.9. The first kappa shape index (κ1) is 16.4. The van der Waals surface area contributed by atoms with Crippen molar-refractivity contribution in [3.63, 3.8) is 0 Å². The summed E-state index contributed by atoms with van der Waals surface area (Å²) >= 11 is 5.59. The summed E-state index contributed by atoms with van der Waals surface area (Å²) in [6.45, 7) is 0. The van der Waals surface area contributed by atoms with Gasteiger partial charge in [-0.25, -0.2) is 0 Å². The summed E-state index contributed by atoms with van der Waals surface area (Å²) in [6, 6.07) is 17.2. The second-order valence-electron chi connectivity index (χ2n) is 4.92. The van der Waals surface area contributed by atoms with Crippen molar-refractivity contribution in [2.45, 2.75) is 12.3 Å². The third kappa shape index (κ3) is 4.27. The monoisotopic (exact) mass is 364 g/mol. The molecule has 1 nitrogen and oxygen atoms in total. The van der Waals surface area contributed by atoms with E-state index >= 15 is 0 Å². The highest BCUT2D eigenvalue weighted by Crippen LogP contribution is 2.30. The van der Waals surface area contributed by atoms with Crippen LogP contribution in [0.1, 0.15) is 22.6 Å². The molecule has 0 bridgehead atoms. The maximum Gasteiger partial charge on any atom is 0.118 e. The molecule has 0 saturated heterocycles. The molecule has 0 radical (unpaired) electrons. The van der Waals surface area contributed by atoms with Gasteiger partial charge in [-0.1, -0.05) is 52.3 Å². The molecule has 2 aromatic carbocycles. The van der Waals surface area contributed by atoms with E-state index in [0.29, 0.717) is 5.92 Å². The molecule has 0 aliphatic carbocycles. The first-order valence-electron chi connectivity index (χ1n) is 7.06. The highest BCUT2D eigenvalue weighted by Gasteiger charge is 2.16. The van der Waals surface area contributed by atoms with Crippen molar-refractivity contribution in [3.05, 3.63) is 65.2 Å². The molecule has 1 atom stereocenters. The number of halogens is 1. The predicted molar refractivity (Wildman–Crippen MR) is 97.2 cm³/mol. The van der Waals surface area contributed by atoms with Crippen molar-refractivity contribution in [2.75, 3.05) is 24.4 Å². The Labute approximate surface area is 140 Å². The fourth-order valence-corrected chi connectivity index (χ4v) is 3.65. The van der Waals surface area contributed by atoms with E-state index in [1.165, 1.54) is 16.7 Å². The van der Waals surface area contributed by atoms with Crippen molar-refractivity contribution in [1.29, 1.82) is 0 Å². The van der Waals surface area contributed by atoms with Crippen molar-refractivity contribution in [2.24, 2.45) is 0 Å².